The summed E-state index contributed by atoms with van der Waals surface area (Å²) in [6.07, 6.45) is -1.89. The predicted molar refractivity (Wildman–Crippen MR) is 190 cm³/mol. The Morgan fingerprint density at radius 2 is 1.14 bits per heavy atom. The second-order valence-electron chi connectivity index (χ2n) is 11.1. The summed E-state index contributed by atoms with van der Waals surface area (Å²) in [7, 11) is 0. The maximum absolute atomic E-state index is 13.2. The molecule has 1 atom stereocenters. The molecule has 6 aromatic rings. The van der Waals surface area contributed by atoms with Crippen molar-refractivity contribution in [3.8, 4) is 0 Å². The van der Waals surface area contributed by atoms with E-state index in [1.807, 2.05) is 152 Å². The number of thiazole rings is 1. The first-order valence-electron chi connectivity index (χ1n) is 15.6. The quantitative estimate of drug-likeness (QED) is 0.0555. The van der Waals surface area contributed by atoms with Crippen molar-refractivity contribution < 1.29 is 24.3 Å². The number of aliphatic carboxylic acids is 1. The lowest BCUT2D eigenvalue weighted by Crippen LogP contribution is -2.38. The number of oxime groups is 1. The molecular formula is C40H33N3O5S. The number of anilines is 1. The molecule has 244 valence electrons. The van der Waals surface area contributed by atoms with E-state index in [1.165, 1.54) is 18.3 Å². The average Bonchev–Trinajstić information content (AvgIpc) is 3.62. The van der Waals surface area contributed by atoms with Crippen LogP contribution in [0.25, 0.3) is 0 Å². The average molecular weight is 668 g/mol. The monoisotopic (exact) mass is 667 g/mol. The first-order valence-corrected chi connectivity index (χ1v) is 16.5. The van der Waals surface area contributed by atoms with Crippen molar-refractivity contribution in [2.45, 2.75) is 24.7 Å². The lowest BCUT2D eigenvalue weighted by Gasteiger charge is -2.36. The molecule has 0 spiro atoms. The number of rotatable bonds is 13. The number of hydrogen-bond donors (Lipinski definition) is 2. The van der Waals surface area contributed by atoms with Crippen LogP contribution in [0.4, 0.5) is 5.13 Å². The zero-order chi connectivity index (χ0) is 34.1. The lowest BCUT2D eigenvalue weighted by molar-refractivity contribution is -0.160. The molecule has 9 heteroatoms. The molecule has 0 unspecified atom stereocenters. The van der Waals surface area contributed by atoms with Crippen molar-refractivity contribution in [2.75, 3.05) is 5.32 Å². The third kappa shape index (κ3) is 7.42. The highest BCUT2D eigenvalue weighted by molar-refractivity contribution is 7.14. The molecule has 1 aromatic heterocycles. The van der Waals surface area contributed by atoms with Crippen LogP contribution < -0.4 is 5.32 Å². The molecule has 0 amide bonds. The molecule has 6 rings (SSSR count). The molecule has 0 fully saturated rings. The van der Waals surface area contributed by atoms with E-state index in [1.54, 1.807) is 5.38 Å². The van der Waals surface area contributed by atoms with Crippen LogP contribution in [0, 0.1) is 0 Å². The highest BCUT2D eigenvalue weighted by atomic mass is 32.1. The van der Waals surface area contributed by atoms with Gasteiger partial charge in [0.25, 0.3) is 0 Å². The van der Waals surface area contributed by atoms with Crippen LogP contribution in [-0.2, 0) is 24.7 Å². The van der Waals surface area contributed by atoms with Gasteiger partial charge in [-0.25, -0.2) is 14.6 Å². The number of aromatic nitrogens is 1. The first-order chi connectivity index (χ1) is 24.0. The topological polar surface area (TPSA) is 110 Å². The van der Waals surface area contributed by atoms with Gasteiger partial charge in [-0.15, -0.1) is 11.3 Å². The van der Waals surface area contributed by atoms with E-state index in [0.717, 1.165) is 27.8 Å². The van der Waals surface area contributed by atoms with Gasteiger partial charge in [-0.2, -0.15) is 0 Å². The normalized spacial score (nSPS) is 12.2. The number of carboxylic acids is 1. The Labute approximate surface area is 288 Å². The minimum Gasteiger partial charge on any atom is -0.476 e. The van der Waals surface area contributed by atoms with E-state index in [0.29, 0.717) is 5.13 Å². The fraction of sp³-hybridized carbons (Fsp3) is 0.100. The second-order valence-corrected chi connectivity index (χ2v) is 12.0. The molecule has 2 N–H and O–H groups in total. The summed E-state index contributed by atoms with van der Waals surface area (Å²) < 4.78 is 5.86. The molecule has 0 radical (unpaired) electrons. The molecule has 49 heavy (non-hydrogen) atoms. The fourth-order valence-corrected chi connectivity index (χ4v) is 6.30. The number of carbonyl (C=O) groups excluding carboxylic acids is 1. The number of carbonyl (C=O) groups is 2. The number of ether oxygens (including phenoxy) is 1. The highest BCUT2D eigenvalue weighted by Crippen LogP contribution is 2.40. The van der Waals surface area contributed by atoms with Gasteiger partial charge in [0.15, 0.2) is 11.2 Å². The van der Waals surface area contributed by atoms with E-state index < -0.39 is 35.4 Å². The molecule has 0 saturated carbocycles. The first kappa shape index (κ1) is 32.9. The van der Waals surface area contributed by atoms with Crippen molar-refractivity contribution >= 4 is 34.1 Å². The molecule has 0 saturated heterocycles. The van der Waals surface area contributed by atoms with Gasteiger partial charge in [0.1, 0.15) is 11.2 Å². The van der Waals surface area contributed by atoms with Gasteiger partial charge in [-0.3, -0.25) is 0 Å². The van der Waals surface area contributed by atoms with Crippen LogP contribution in [-0.4, -0.2) is 33.8 Å². The summed E-state index contributed by atoms with van der Waals surface area (Å²) in [5.41, 5.74) is 3.24. The number of carboxylic acid groups (broad SMARTS) is 1. The van der Waals surface area contributed by atoms with Gasteiger partial charge >= 0.3 is 11.9 Å². The molecule has 8 nitrogen and oxygen atoms in total. The SMILES string of the molecule is C[C@H](O/N=C(\C(=O)O)c1csc(NC(c2ccccc2)(c2ccccc2)c2ccccc2)n1)C(=O)OC(c1ccccc1)c1ccccc1. The van der Waals surface area contributed by atoms with Crippen molar-refractivity contribution in [2.24, 2.45) is 5.16 Å². The lowest BCUT2D eigenvalue weighted by atomic mass is 9.77. The Hall–Kier alpha value is -6.06. The molecule has 0 aliphatic carbocycles. The third-order valence-electron chi connectivity index (χ3n) is 7.94. The Bertz CT molecular complexity index is 1870. The summed E-state index contributed by atoms with van der Waals surface area (Å²) >= 11 is 1.24. The minimum atomic E-state index is -1.36. The maximum Gasteiger partial charge on any atom is 0.360 e. The Morgan fingerprint density at radius 3 is 1.57 bits per heavy atom. The van der Waals surface area contributed by atoms with Crippen LogP contribution in [0.5, 0.6) is 0 Å². The van der Waals surface area contributed by atoms with Crippen LogP contribution in [0.3, 0.4) is 0 Å². The summed E-state index contributed by atoms with van der Waals surface area (Å²) in [6, 6.07) is 48.7. The highest BCUT2D eigenvalue weighted by Gasteiger charge is 2.37. The summed E-state index contributed by atoms with van der Waals surface area (Å²) in [5, 5.41) is 19.7. The largest absolute Gasteiger partial charge is 0.476 e. The Kier molecular flexibility index (Phi) is 10.2. The van der Waals surface area contributed by atoms with Crippen molar-refractivity contribution in [1.29, 1.82) is 0 Å². The van der Waals surface area contributed by atoms with Gasteiger partial charge < -0.3 is 20.0 Å². The van der Waals surface area contributed by atoms with E-state index in [-0.39, 0.29) is 5.69 Å². The zero-order valence-corrected chi connectivity index (χ0v) is 27.4. The van der Waals surface area contributed by atoms with Crippen molar-refractivity contribution in [3.63, 3.8) is 0 Å². The smallest absolute Gasteiger partial charge is 0.360 e. The van der Waals surface area contributed by atoms with Crippen LogP contribution in [0.1, 0.15) is 46.5 Å². The number of nitrogens with zero attached hydrogens (tertiary/aromatic N) is 2. The number of hydrogen-bond acceptors (Lipinski definition) is 8. The predicted octanol–water partition coefficient (Wildman–Crippen LogP) is 8.07. The second kappa shape index (κ2) is 15.2. The molecular weight excluding hydrogens is 635 g/mol. The molecule has 1 heterocycles. The minimum absolute atomic E-state index is 0.0788. The van der Waals surface area contributed by atoms with Gasteiger partial charge in [0, 0.05) is 5.38 Å². The van der Waals surface area contributed by atoms with Crippen LogP contribution >= 0.6 is 11.3 Å². The van der Waals surface area contributed by atoms with E-state index in [2.05, 4.69) is 15.5 Å². The van der Waals surface area contributed by atoms with Crippen LogP contribution in [0.15, 0.2) is 162 Å². The standard InChI is InChI=1S/C40H33N3O5S/c1-28(38(46)47-36(29-17-7-2-8-18-29)30-19-9-3-10-20-30)48-43-35(37(44)45)34-27-49-39(41-34)42-40(31-21-11-4-12-22-31,32-23-13-5-14-24-32)33-25-15-6-16-26-33/h2-28,36H,1H3,(H,41,42)(H,44,45)/b43-35-/t28-/m0/s1. The van der Waals surface area contributed by atoms with E-state index in [4.69, 9.17) is 9.57 Å². The van der Waals surface area contributed by atoms with Crippen molar-refractivity contribution in [1.82, 2.24) is 4.98 Å². The number of esters is 1. The molecule has 5 aromatic carbocycles. The summed E-state index contributed by atoms with van der Waals surface area (Å²) in [4.78, 5) is 35.7. The summed E-state index contributed by atoms with van der Waals surface area (Å²) in [5.74, 6) is -2.06. The number of benzene rings is 5. The van der Waals surface area contributed by atoms with Gasteiger partial charge in [-0.1, -0.05) is 157 Å². The van der Waals surface area contributed by atoms with Crippen molar-refractivity contribution in [3.05, 3.63) is 191 Å². The zero-order valence-electron chi connectivity index (χ0n) is 26.5. The molecule has 0 aliphatic rings. The fourth-order valence-electron chi connectivity index (χ4n) is 5.55. The number of nitrogens with one attached hydrogen (secondary N) is 1. The van der Waals surface area contributed by atoms with Gasteiger partial charge in [0.05, 0.1) is 0 Å². The van der Waals surface area contributed by atoms with E-state index in [9.17, 15) is 14.7 Å². The van der Waals surface area contributed by atoms with Crippen LogP contribution in [0.2, 0.25) is 0 Å². The summed E-state index contributed by atoms with van der Waals surface area (Å²) in [6.45, 7) is 1.46. The van der Waals surface area contributed by atoms with Gasteiger partial charge in [-0.05, 0) is 34.7 Å². The Morgan fingerprint density at radius 1 is 0.714 bits per heavy atom. The Balaban J connectivity index is 1.27. The molecule has 0 aliphatic heterocycles. The molecule has 0 bridgehead atoms. The maximum atomic E-state index is 13.2. The van der Waals surface area contributed by atoms with Gasteiger partial charge in [0.2, 0.25) is 11.8 Å². The van der Waals surface area contributed by atoms with E-state index >= 15 is 0 Å². The third-order valence-corrected chi connectivity index (χ3v) is 8.69.